The highest BCUT2D eigenvalue weighted by atomic mass is 32.1. The van der Waals surface area contributed by atoms with Gasteiger partial charge in [0.2, 0.25) is 0 Å². The Morgan fingerprint density at radius 3 is 2.77 bits per heavy atom. The molecular formula is C15H18N4O2S. The molecule has 0 atom stereocenters. The number of rotatable bonds is 6. The van der Waals surface area contributed by atoms with Crippen molar-refractivity contribution in [3.63, 3.8) is 0 Å². The number of benzene rings is 1. The van der Waals surface area contributed by atoms with Gasteiger partial charge < -0.3 is 19.9 Å². The summed E-state index contributed by atoms with van der Waals surface area (Å²) in [4.78, 5) is 15.3. The van der Waals surface area contributed by atoms with Gasteiger partial charge in [0.05, 0.1) is 19.0 Å². The molecule has 6 nitrogen and oxygen atoms in total. The Balaban J connectivity index is 1.71. The molecule has 2 N–H and O–H groups in total. The van der Waals surface area contributed by atoms with Crippen molar-refractivity contribution < 1.29 is 9.53 Å². The summed E-state index contributed by atoms with van der Waals surface area (Å²) >= 11 is 5.22. The number of nitrogens with one attached hydrogen (secondary N) is 2. The predicted octanol–water partition coefficient (Wildman–Crippen LogP) is 2.05. The lowest BCUT2D eigenvalue weighted by Gasteiger charge is -2.11. The first-order chi connectivity index (χ1) is 10.7. The minimum absolute atomic E-state index is 0.355. The summed E-state index contributed by atoms with van der Waals surface area (Å²) < 4.78 is 6.67. The van der Waals surface area contributed by atoms with Gasteiger partial charge in [-0.3, -0.25) is 0 Å². The number of carbonyl (C=O) groups is 1. The van der Waals surface area contributed by atoms with Crippen LogP contribution in [-0.2, 0) is 11.3 Å². The average molecular weight is 318 g/mol. The largest absolute Gasteiger partial charge is 0.465 e. The van der Waals surface area contributed by atoms with Crippen LogP contribution in [0.1, 0.15) is 16.8 Å². The Bertz CT molecular complexity index is 611. The van der Waals surface area contributed by atoms with Gasteiger partial charge in [-0.25, -0.2) is 9.78 Å². The number of ether oxygens (including phenoxy) is 1. The van der Waals surface area contributed by atoms with Gasteiger partial charge in [0.25, 0.3) is 0 Å². The van der Waals surface area contributed by atoms with Crippen LogP contribution in [0.25, 0.3) is 0 Å². The summed E-state index contributed by atoms with van der Waals surface area (Å²) in [7, 11) is 1.36. The lowest BCUT2D eigenvalue weighted by atomic mass is 10.2. The molecule has 0 saturated heterocycles. The van der Waals surface area contributed by atoms with Gasteiger partial charge in [-0.15, -0.1) is 0 Å². The molecule has 0 aliphatic carbocycles. The zero-order valence-electron chi connectivity index (χ0n) is 12.3. The highest BCUT2D eigenvalue weighted by molar-refractivity contribution is 7.80. The van der Waals surface area contributed by atoms with Crippen LogP contribution in [0.5, 0.6) is 0 Å². The Labute approximate surface area is 134 Å². The third kappa shape index (κ3) is 4.85. The predicted molar refractivity (Wildman–Crippen MR) is 88.8 cm³/mol. The maximum absolute atomic E-state index is 11.3. The van der Waals surface area contributed by atoms with E-state index in [1.807, 2.05) is 10.8 Å². The van der Waals surface area contributed by atoms with Crippen molar-refractivity contribution in [2.45, 2.75) is 13.0 Å². The van der Waals surface area contributed by atoms with Gasteiger partial charge in [0, 0.05) is 31.2 Å². The van der Waals surface area contributed by atoms with Crippen LogP contribution >= 0.6 is 12.2 Å². The molecule has 0 fully saturated rings. The number of nitrogens with zero attached hydrogens (tertiary/aromatic N) is 2. The minimum atomic E-state index is -0.355. The molecule has 0 aliphatic heterocycles. The summed E-state index contributed by atoms with van der Waals surface area (Å²) in [6.45, 7) is 1.66. The zero-order valence-corrected chi connectivity index (χ0v) is 13.1. The third-order valence-electron chi connectivity index (χ3n) is 3.00. The number of esters is 1. The first-order valence-corrected chi connectivity index (χ1v) is 7.29. The van der Waals surface area contributed by atoms with Gasteiger partial charge >= 0.3 is 5.97 Å². The molecule has 2 rings (SSSR count). The second kappa shape index (κ2) is 8.14. The van der Waals surface area contributed by atoms with Crippen LogP contribution < -0.4 is 10.6 Å². The molecule has 1 aromatic heterocycles. The van der Waals surface area contributed by atoms with Crippen LogP contribution in [0.4, 0.5) is 5.69 Å². The number of methoxy groups -OCH3 is 1. The molecule has 22 heavy (non-hydrogen) atoms. The van der Waals surface area contributed by atoms with Gasteiger partial charge in [0.1, 0.15) is 0 Å². The van der Waals surface area contributed by atoms with Crippen LogP contribution in [-0.4, -0.2) is 34.3 Å². The summed E-state index contributed by atoms with van der Waals surface area (Å²) in [5.74, 6) is -0.355. The quantitative estimate of drug-likeness (QED) is 0.483. The molecule has 7 heteroatoms. The van der Waals surface area contributed by atoms with E-state index < -0.39 is 0 Å². The fourth-order valence-electron chi connectivity index (χ4n) is 1.87. The van der Waals surface area contributed by atoms with E-state index in [1.165, 1.54) is 7.11 Å². The smallest absolute Gasteiger partial charge is 0.337 e. The molecule has 1 heterocycles. The number of hydrogen-bond donors (Lipinski definition) is 2. The number of imidazole rings is 1. The molecule has 0 saturated carbocycles. The van der Waals surface area contributed by atoms with Gasteiger partial charge in [0.15, 0.2) is 5.11 Å². The number of aromatic nitrogens is 2. The normalized spacial score (nSPS) is 10.0. The van der Waals surface area contributed by atoms with E-state index in [0.717, 1.165) is 25.2 Å². The van der Waals surface area contributed by atoms with E-state index in [0.29, 0.717) is 10.7 Å². The van der Waals surface area contributed by atoms with Gasteiger partial charge in [-0.2, -0.15) is 0 Å². The zero-order chi connectivity index (χ0) is 15.8. The monoisotopic (exact) mass is 318 g/mol. The average Bonchev–Trinajstić information content (AvgIpc) is 3.05. The van der Waals surface area contributed by atoms with Crippen molar-refractivity contribution in [1.29, 1.82) is 0 Å². The molecule has 2 aromatic rings. The maximum atomic E-state index is 11.3. The summed E-state index contributed by atoms with van der Waals surface area (Å²) in [5, 5.41) is 6.76. The van der Waals surface area contributed by atoms with E-state index in [1.54, 1.807) is 36.8 Å². The molecule has 0 radical (unpaired) electrons. The first-order valence-electron chi connectivity index (χ1n) is 6.88. The lowest BCUT2D eigenvalue weighted by molar-refractivity contribution is 0.0601. The molecule has 116 valence electrons. The van der Waals surface area contributed by atoms with Gasteiger partial charge in [-0.05, 0) is 42.9 Å². The number of anilines is 1. The third-order valence-corrected chi connectivity index (χ3v) is 3.25. The van der Waals surface area contributed by atoms with Crippen molar-refractivity contribution in [3.8, 4) is 0 Å². The summed E-state index contributed by atoms with van der Waals surface area (Å²) in [5.41, 5.74) is 1.33. The van der Waals surface area contributed by atoms with E-state index in [2.05, 4.69) is 20.4 Å². The Morgan fingerprint density at radius 2 is 2.14 bits per heavy atom. The summed E-state index contributed by atoms with van der Waals surface area (Å²) in [6, 6.07) is 6.95. The van der Waals surface area contributed by atoms with Crippen molar-refractivity contribution >= 4 is 29.0 Å². The SMILES string of the molecule is COC(=O)c1ccc(NC(=S)NCCCn2ccnc2)cc1. The fourth-order valence-corrected chi connectivity index (χ4v) is 2.09. The minimum Gasteiger partial charge on any atom is -0.465 e. The number of thiocarbonyl (C=S) groups is 1. The van der Waals surface area contributed by atoms with Gasteiger partial charge in [-0.1, -0.05) is 0 Å². The first kappa shape index (κ1) is 16.0. The number of aryl methyl sites for hydroxylation is 1. The topological polar surface area (TPSA) is 68.2 Å². The molecular weight excluding hydrogens is 300 g/mol. The van der Waals surface area contributed by atoms with Crippen LogP contribution in [0.15, 0.2) is 43.0 Å². The molecule has 0 spiro atoms. The van der Waals surface area contributed by atoms with E-state index in [9.17, 15) is 4.79 Å². The molecule has 1 aromatic carbocycles. The fraction of sp³-hybridized carbons (Fsp3) is 0.267. The molecule has 0 unspecified atom stereocenters. The van der Waals surface area contributed by atoms with Crippen molar-refractivity contribution in [2.75, 3.05) is 19.0 Å². The number of carbonyl (C=O) groups excluding carboxylic acids is 1. The summed E-state index contributed by atoms with van der Waals surface area (Å²) in [6.07, 6.45) is 6.43. The van der Waals surface area contributed by atoms with E-state index in [4.69, 9.17) is 12.2 Å². The van der Waals surface area contributed by atoms with Crippen LogP contribution in [0.3, 0.4) is 0 Å². The van der Waals surface area contributed by atoms with Crippen LogP contribution in [0.2, 0.25) is 0 Å². The second-order valence-corrected chi connectivity index (χ2v) is 5.01. The Hall–Kier alpha value is -2.41. The maximum Gasteiger partial charge on any atom is 0.337 e. The van der Waals surface area contributed by atoms with Crippen molar-refractivity contribution in [3.05, 3.63) is 48.5 Å². The van der Waals surface area contributed by atoms with Crippen molar-refractivity contribution in [1.82, 2.24) is 14.9 Å². The molecule has 0 bridgehead atoms. The number of hydrogen-bond acceptors (Lipinski definition) is 4. The van der Waals surface area contributed by atoms with E-state index >= 15 is 0 Å². The second-order valence-electron chi connectivity index (χ2n) is 4.60. The van der Waals surface area contributed by atoms with Crippen LogP contribution in [0, 0.1) is 0 Å². The van der Waals surface area contributed by atoms with Crippen molar-refractivity contribution in [2.24, 2.45) is 0 Å². The molecule has 0 amide bonds. The Morgan fingerprint density at radius 1 is 1.36 bits per heavy atom. The molecule has 0 aliphatic rings. The lowest BCUT2D eigenvalue weighted by Crippen LogP contribution is -2.29. The highest BCUT2D eigenvalue weighted by Gasteiger charge is 2.04. The standard InChI is InChI=1S/C15H18N4O2S/c1-21-14(20)12-3-5-13(6-4-12)18-15(22)17-7-2-9-19-10-8-16-11-19/h3-6,8,10-11H,2,7,9H2,1H3,(H2,17,18,22). The van der Waals surface area contributed by atoms with E-state index in [-0.39, 0.29) is 5.97 Å². The highest BCUT2D eigenvalue weighted by Crippen LogP contribution is 2.10. The Kier molecular flexibility index (Phi) is 5.91.